The standard InChI is InChI=1S/C8H17NO2.2C8H17NO.C5H11NO.C5H10O.CH4/c1-4-7(5-10)9-8(11)6(2)3;1-6(2)5-9-8(10)7(3)4;1-5-7(4)9-8(10)6(2)3;1-4(2)5(7)6-3;1-4(2)5(3)6;/h6-7,10H,4-5H2,1-3H3,(H,9,11);2*6-7H,5H2,1-4H3,(H,9,10);4H,1-3H3,(H,6,7);4H,1-3H3;1H4. The van der Waals surface area contributed by atoms with E-state index in [1.165, 1.54) is 0 Å². The van der Waals surface area contributed by atoms with Crippen LogP contribution in [0.15, 0.2) is 0 Å². The van der Waals surface area contributed by atoms with Crippen molar-refractivity contribution in [1.29, 1.82) is 0 Å². The van der Waals surface area contributed by atoms with Crippen LogP contribution >= 0.6 is 0 Å². The van der Waals surface area contributed by atoms with Crippen LogP contribution in [0.3, 0.4) is 0 Å². The van der Waals surface area contributed by atoms with Gasteiger partial charge in [-0.25, -0.2) is 0 Å². The molecule has 4 amide bonds. The van der Waals surface area contributed by atoms with Gasteiger partial charge in [-0.3, -0.25) is 24.0 Å². The van der Waals surface area contributed by atoms with Gasteiger partial charge in [-0.1, -0.05) is 104 Å². The molecule has 2 unspecified atom stereocenters. The van der Waals surface area contributed by atoms with Crippen molar-refractivity contribution in [3.8, 4) is 0 Å². The van der Waals surface area contributed by atoms with E-state index in [1.807, 2.05) is 83.1 Å². The van der Waals surface area contributed by atoms with Gasteiger partial charge >= 0.3 is 0 Å². The Bertz CT molecular complexity index is 746. The van der Waals surface area contributed by atoms with Crippen molar-refractivity contribution in [2.75, 3.05) is 20.2 Å². The highest BCUT2D eigenvalue weighted by molar-refractivity contribution is 5.79. The van der Waals surface area contributed by atoms with Crippen molar-refractivity contribution in [2.24, 2.45) is 35.5 Å². The molecule has 0 aromatic carbocycles. The minimum absolute atomic E-state index is 0. The second-order valence-corrected chi connectivity index (χ2v) is 12.8. The summed E-state index contributed by atoms with van der Waals surface area (Å²) in [6, 6.07) is 0.236. The van der Waals surface area contributed by atoms with E-state index in [0.29, 0.717) is 12.0 Å². The van der Waals surface area contributed by atoms with Crippen LogP contribution in [-0.2, 0) is 24.0 Å². The third-order valence-corrected chi connectivity index (χ3v) is 5.90. The number of Topliss-reactive ketones (excluding diaryl/α,β-unsaturated/α-hetero) is 1. The predicted molar refractivity (Wildman–Crippen MR) is 191 cm³/mol. The first-order valence-electron chi connectivity index (χ1n) is 16.3. The predicted octanol–water partition coefficient (Wildman–Crippen LogP) is 5.76. The molecule has 0 heterocycles. The largest absolute Gasteiger partial charge is 0.394 e. The molecule has 0 saturated heterocycles. The number of hydrogen-bond acceptors (Lipinski definition) is 6. The van der Waals surface area contributed by atoms with Crippen molar-refractivity contribution in [3.05, 3.63) is 0 Å². The number of hydrogen-bond donors (Lipinski definition) is 5. The Morgan fingerprint density at radius 1 is 0.578 bits per heavy atom. The highest BCUT2D eigenvalue weighted by atomic mass is 16.3. The van der Waals surface area contributed by atoms with E-state index < -0.39 is 0 Å². The number of aliphatic hydroxyl groups is 1. The van der Waals surface area contributed by atoms with Crippen LogP contribution in [0, 0.1) is 35.5 Å². The molecule has 0 aliphatic heterocycles. The quantitative estimate of drug-likeness (QED) is 0.181. The zero-order chi connectivity index (χ0) is 36.2. The molecule has 5 N–H and O–H groups in total. The summed E-state index contributed by atoms with van der Waals surface area (Å²) in [7, 11) is 1.64. The minimum Gasteiger partial charge on any atom is -0.394 e. The van der Waals surface area contributed by atoms with E-state index >= 15 is 0 Å². The Kier molecular flexibility index (Phi) is 42.0. The first-order valence-corrected chi connectivity index (χ1v) is 16.3. The van der Waals surface area contributed by atoms with Crippen LogP contribution in [0.1, 0.15) is 131 Å². The number of rotatable bonds is 12. The molecular weight excluding hydrogens is 572 g/mol. The lowest BCUT2D eigenvalue weighted by Crippen LogP contribution is -2.39. The zero-order valence-electron chi connectivity index (χ0n) is 31.4. The third-order valence-electron chi connectivity index (χ3n) is 5.90. The molecule has 0 aliphatic carbocycles. The van der Waals surface area contributed by atoms with Gasteiger partial charge in [0.15, 0.2) is 0 Å². The fraction of sp³-hybridized carbons (Fsp3) is 0.857. The first kappa shape index (κ1) is 55.0. The molecule has 0 bridgehead atoms. The summed E-state index contributed by atoms with van der Waals surface area (Å²) in [5.41, 5.74) is 0. The van der Waals surface area contributed by atoms with Gasteiger partial charge in [0, 0.05) is 49.2 Å². The molecule has 0 aromatic heterocycles. The number of aliphatic hydroxyl groups excluding tert-OH is 1. The van der Waals surface area contributed by atoms with E-state index in [9.17, 15) is 24.0 Å². The smallest absolute Gasteiger partial charge is 0.222 e. The average molecular weight is 649 g/mol. The SMILES string of the molecule is C.CC(=O)C(C)C.CC(C)CNC(=O)C(C)C.CCC(C)NC(=O)C(C)C.CCC(CO)NC(=O)C(C)C.CNC(=O)C(C)C. The number of carbonyl (C=O) groups excluding carboxylic acids is 5. The van der Waals surface area contributed by atoms with Gasteiger partial charge in [0.2, 0.25) is 23.6 Å². The van der Waals surface area contributed by atoms with E-state index in [-0.39, 0.29) is 79.1 Å². The van der Waals surface area contributed by atoms with Crippen LogP contribution in [0.5, 0.6) is 0 Å². The second-order valence-electron chi connectivity index (χ2n) is 12.8. The molecule has 45 heavy (non-hydrogen) atoms. The number of amides is 4. The fourth-order valence-electron chi connectivity index (χ4n) is 1.95. The maximum absolute atomic E-state index is 11.0. The van der Waals surface area contributed by atoms with Gasteiger partial charge in [0.1, 0.15) is 5.78 Å². The lowest BCUT2D eigenvalue weighted by molar-refractivity contribution is -0.125. The van der Waals surface area contributed by atoms with Crippen molar-refractivity contribution in [1.82, 2.24) is 21.3 Å². The molecule has 10 heteroatoms. The van der Waals surface area contributed by atoms with Crippen molar-refractivity contribution < 1.29 is 29.1 Å². The summed E-state index contributed by atoms with van der Waals surface area (Å²) in [6.45, 7) is 31.4. The third kappa shape index (κ3) is 43.7. The molecule has 0 fully saturated rings. The summed E-state index contributed by atoms with van der Waals surface area (Å²) < 4.78 is 0. The Balaban J connectivity index is -0.000000107. The van der Waals surface area contributed by atoms with Gasteiger partial charge in [-0.15, -0.1) is 0 Å². The van der Waals surface area contributed by atoms with Crippen LogP contribution in [0.2, 0.25) is 0 Å². The fourth-order valence-corrected chi connectivity index (χ4v) is 1.95. The molecule has 0 aromatic rings. The lowest BCUT2D eigenvalue weighted by Gasteiger charge is -2.15. The van der Waals surface area contributed by atoms with Crippen LogP contribution in [0.4, 0.5) is 0 Å². The van der Waals surface area contributed by atoms with Crippen LogP contribution < -0.4 is 21.3 Å². The van der Waals surface area contributed by atoms with Crippen molar-refractivity contribution in [2.45, 2.75) is 143 Å². The van der Waals surface area contributed by atoms with Gasteiger partial charge in [0.05, 0.1) is 12.6 Å². The van der Waals surface area contributed by atoms with Gasteiger partial charge in [-0.2, -0.15) is 0 Å². The van der Waals surface area contributed by atoms with Gasteiger partial charge in [0.25, 0.3) is 0 Å². The summed E-state index contributed by atoms with van der Waals surface area (Å²) in [6.07, 6.45) is 1.77. The van der Waals surface area contributed by atoms with Crippen LogP contribution in [0.25, 0.3) is 0 Å². The van der Waals surface area contributed by atoms with Crippen molar-refractivity contribution in [3.63, 3.8) is 0 Å². The average Bonchev–Trinajstić information content (AvgIpc) is 2.94. The van der Waals surface area contributed by atoms with E-state index in [1.54, 1.807) is 14.0 Å². The summed E-state index contributed by atoms with van der Waals surface area (Å²) >= 11 is 0. The van der Waals surface area contributed by atoms with Gasteiger partial charge in [-0.05, 0) is 32.6 Å². The molecule has 0 saturated carbocycles. The normalized spacial score (nSPS) is 11.2. The number of carbonyl (C=O) groups is 5. The topological polar surface area (TPSA) is 154 Å². The van der Waals surface area contributed by atoms with Crippen molar-refractivity contribution >= 4 is 29.4 Å². The maximum Gasteiger partial charge on any atom is 0.222 e. The maximum atomic E-state index is 11.0. The molecule has 10 nitrogen and oxygen atoms in total. The summed E-state index contributed by atoms with van der Waals surface area (Å²) in [5.74, 6) is 1.74. The lowest BCUT2D eigenvalue weighted by atomic mass is 10.1. The number of ketones is 1. The second kappa shape index (κ2) is 34.4. The molecule has 0 spiro atoms. The minimum atomic E-state index is -0.0788. The van der Waals surface area contributed by atoms with E-state index in [0.717, 1.165) is 19.4 Å². The zero-order valence-corrected chi connectivity index (χ0v) is 31.4. The van der Waals surface area contributed by atoms with E-state index in [4.69, 9.17) is 5.11 Å². The molecule has 0 aliphatic rings. The molecule has 272 valence electrons. The highest BCUT2D eigenvalue weighted by Crippen LogP contribution is 1.96. The first-order chi connectivity index (χ1) is 20.0. The van der Waals surface area contributed by atoms with E-state index in [2.05, 4.69) is 42.0 Å². The Labute approximate surface area is 278 Å². The Morgan fingerprint density at radius 3 is 1.13 bits per heavy atom. The summed E-state index contributed by atoms with van der Waals surface area (Å²) in [4.78, 5) is 53.5. The highest BCUT2D eigenvalue weighted by Gasteiger charge is 2.11. The monoisotopic (exact) mass is 649 g/mol. The number of nitrogens with one attached hydrogen (secondary N) is 4. The Hall–Kier alpha value is -2.49. The Morgan fingerprint density at radius 2 is 0.933 bits per heavy atom. The van der Waals surface area contributed by atoms with Gasteiger partial charge < -0.3 is 26.4 Å². The molecular formula is C35H76N4O6. The molecule has 0 radical (unpaired) electrons. The molecule has 0 rings (SSSR count). The van der Waals surface area contributed by atoms with Crippen LogP contribution in [-0.4, -0.2) is 66.8 Å². The summed E-state index contributed by atoms with van der Waals surface area (Å²) in [5, 5.41) is 19.7. The molecule has 2 atom stereocenters.